The van der Waals surface area contributed by atoms with Gasteiger partial charge in [-0.15, -0.1) is 0 Å². The van der Waals surface area contributed by atoms with E-state index in [0.717, 1.165) is 45.5 Å². The molecule has 0 bridgehead atoms. The molecule has 1 fully saturated rings. The van der Waals surface area contributed by atoms with Crippen LogP contribution in [0.25, 0.3) is 0 Å². The third-order valence-corrected chi connectivity index (χ3v) is 5.75. The van der Waals surface area contributed by atoms with Gasteiger partial charge in [0.1, 0.15) is 5.75 Å². The number of ether oxygens (including phenoxy) is 1. The second-order valence-electron chi connectivity index (χ2n) is 8.15. The standard InChI is InChI=1S/C24H33N3O3/c1-3-15-30-24(19-7-5-4-6-8-19)11-13-27(14-12-24)17-18(2)26-22-10-9-20(28)16-21(22)23(25)29/h4-10,16,18,26,28H,3,11-15,17H2,1-2H3,(H2,25,29). The molecule has 3 rings (SSSR count). The zero-order chi connectivity index (χ0) is 21.6. The Morgan fingerprint density at radius 2 is 1.93 bits per heavy atom. The second-order valence-corrected chi connectivity index (χ2v) is 8.15. The van der Waals surface area contributed by atoms with E-state index in [9.17, 15) is 9.90 Å². The Bertz CT molecular complexity index is 833. The molecule has 6 nitrogen and oxygen atoms in total. The molecule has 0 radical (unpaired) electrons. The Kier molecular flexibility index (Phi) is 7.34. The number of hydrogen-bond acceptors (Lipinski definition) is 5. The van der Waals surface area contributed by atoms with Crippen molar-refractivity contribution in [3.8, 4) is 5.75 Å². The summed E-state index contributed by atoms with van der Waals surface area (Å²) in [5.41, 5.74) is 7.46. The minimum absolute atomic E-state index is 0.0300. The van der Waals surface area contributed by atoms with Gasteiger partial charge < -0.3 is 25.8 Å². The van der Waals surface area contributed by atoms with Crippen molar-refractivity contribution in [1.29, 1.82) is 0 Å². The van der Waals surface area contributed by atoms with Crippen molar-refractivity contribution in [2.24, 2.45) is 5.73 Å². The van der Waals surface area contributed by atoms with Gasteiger partial charge in [-0.05, 0) is 49.9 Å². The van der Waals surface area contributed by atoms with E-state index in [1.165, 1.54) is 11.6 Å². The number of piperidine rings is 1. The molecular weight excluding hydrogens is 378 g/mol. The number of aromatic hydroxyl groups is 1. The third kappa shape index (κ3) is 5.32. The Hall–Kier alpha value is -2.57. The molecule has 0 aliphatic carbocycles. The second kappa shape index (κ2) is 9.96. The van der Waals surface area contributed by atoms with Crippen LogP contribution in [-0.4, -0.2) is 48.2 Å². The van der Waals surface area contributed by atoms with Gasteiger partial charge in [-0.25, -0.2) is 0 Å². The lowest BCUT2D eigenvalue weighted by atomic mass is 9.84. The van der Waals surface area contributed by atoms with E-state index < -0.39 is 5.91 Å². The summed E-state index contributed by atoms with van der Waals surface area (Å²) in [6.07, 6.45) is 2.92. The number of carbonyl (C=O) groups excluding carboxylic acids is 1. The highest BCUT2D eigenvalue weighted by Crippen LogP contribution is 2.37. The predicted molar refractivity (Wildman–Crippen MR) is 120 cm³/mol. The molecule has 0 aromatic heterocycles. The van der Waals surface area contributed by atoms with Gasteiger partial charge in [0.05, 0.1) is 11.2 Å². The summed E-state index contributed by atoms with van der Waals surface area (Å²) in [5.74, 6) is -0.526. The molecular formula is C24H33N3O3. The molecule has 2 aromatic carbocycles. The van der Waals surface area contributed by atoms with Gasteiger partial charge in [0, 0.05) is 38.0 Å². The van der Waals surface area contributed by atoms with E-state index in [2.05, 4.69) is 48.3 Å². The van der Waals surface area contributed by atoms with Crippen LogP contribution in [0.3, 0.4) is 0 Å². The van der Waals surface area contributed by atoms with E-state index in [1.807, 2.05) is 6.07 Å². The molecule has 0 spiro atoms. The lowest BCUT2D eigenvalue weighted by Crippen LogP contribution is -2.47. The number of benzene rings is 2. The molecule has 1 amide bonds. The van der Waals surface area contributed by atoms with E-state index in [-0.39, 0.29) is 17.4 Å². The van der Waals surface area contributed by atoms with Crippen molar-refractivity contribution < 1.29 is 14.6 Å². The van der Waals surface area contributed by atoms with E-state index in [4.69, 9.17) is 10.5 Å². The number of nitrogens with one attached hydrogen (secondary N) is 1. The van der Waals surface area contributed by atoms with Crippen molar-refractivity contribution in [1.82, 2.24) is 4.90 Å². The zero-order valence-corrected chi connectivity index (χ0v) is 17.9. The van der Waals surface area contributed by atoms with Crippen LogP contribution in [0.4, 0.5) is 5.69 Å². The maximum atomic E-state index is 11.7. The van der Waals surface area contributed by atoms with Crippen LogP contribution in [0.5, 0.6) is 5.75 Å². The third-order valence-electron chi connectivity index (χ3n) is 5.75. The fourth-order valence-corrected chi connectivity index (χ4v) is 4.21. The Labute approximate surface area is 179 Å². The summed E-state index contributed by atoms with van der Waals surface area (Å²) in [7, 11) is 0. The molecule has 6 heteroatoms. The number of phenols is 1. The van der Waals surface area contributed by atoms with Crippen molar-refractivity contribution >= 4 is 11.6 Å². The lowest BCUT2D eigenvalue weighted by Gasteiger charge is -2.43. The van der Waals surface area contributed by atoms with Gasteiger partial charge in [0.15, 0.2) is 0 Å². The number of likely N-dealkylation sites (tertiary alicyclic amines) is 1. The minimum atomic E-state index is -0.556. The molecule has 1 unspecified atom stereocenters. The Balaban J connectivity index is 1.61. The fraction of sp³-hybridized carbons (Fsp3) is 0.458. The number of nitrogens with two attached hydrogens (primary N) is 1. The fourth-order valence-electron chi connectivity index (χ4n) is 4.21. The van der Waals surface area contributed by atoms with Crippen LogP contribution in [0.1, 0.15) is 49.0 Å². The molecule has 0 saturated carbocycles. The van der Waals surface area contributed by atoms with Gasteiger partial charge in [-0.3, -0.25) is 4.79 Å². The molecule has 1 aliphatic rings. The number of hydrogen-bond donors (Lipinski definition) is 3. The van der Waals surface area contributed by atoms with Gasteiger partial charge >= 0.3 is 0 Å². The highest BCUT2D eigenvalue weighted by atomic mass is 16.5. The monoisotopic (exact) mass is 411 g/mol. The molecule has 2 aromatic rings. The van der Waals surface area contributed by atoms with Crippen LogP contribution in [0.15, 0.2) is 48.5 Å². The number of rotatable bonds is 9. The molecule has 162 valence electrons. The van der Waals surface area contributed by atoms with E-state index in [0.29, 0.717) is 11.3 Å². The number of carbonyl (C=O) groups is 1. The van der Waals surface area contributed by atoms with Gasteiger partial charge in [-0.1, -0.05) is 37.3 Å². The van der Waals surface area contributed by atoms with E-state index >= 15 is 0 Å². The summed E-state index contributed by atoms with van der Waals surface area (Å²) in [5, 5.41) is 13.0. The van der Waals surface area contributed by atoms with Crippen LogP contribution in [0, 0.1) is 0 Å². The zero-order valence-electron chi connectivity index (χ0n) is 17.9. The van der Waals surface area contributed by atoms with Crippen molar-refractivity contribution in [3.05, 3.63) is 59.7 Å². The van der Waals surface area contributed by atoms with Crippen molar-refractivity contribution in [2.75, 3.05) is 31.6 Å². The summed E-state index contributed by atoms with van der Waals surface area (Å²) < 4.78 is 6.39. The SMILES string of the molecule is CCCOC1(c2ccccc2)CCN(CC(C)Nc2ccc(O)cc2C(N)=O)CC1. The highest BCUT2D eigenvalue weighted by Gasteiger charge is 2.37. The number of phenolic OH excluding ortho intramolecular Hbond substituents is 1. The topological polar surface area (TPSA) is 87.8 Å². The lowest BCUT2D eigenvalue weighted by molar-refractivity contribution is -0.0899. The highest BCUT2D eigenvalue weighted by molar-refractivity contribution is 5.98. The first-order valence-electron chi connectivity index (χ1n) is 10.7. The molecule has 1 atom stereocenters. The van der Waals surface area contributed by atoms with Gasteiger partial charge in [-0.2, -0.15) is 0 Å². The Morgan fingerprint density at radius 1 is 1.23 bits per heavy atom. The van der Waals surface area contributed by atoms with Gasteiger partial charge in [0.2, 0.25) is 0 Å². The molecule has 1 aliphatic heterocycles. The molecule has 1 saturated heterocycles. The smallest absolute Gasteiger partial charge is 0.250 e. The van der Waals surface area contributed by atoms with Crippen molar-refractivity contribution in [2.45, 2.75) is 44.8 Å². The predicted octanol–water partition coefficient (Wildman–Crippen LogP) is 3.71. The summed E-state index contributed by atoms with van der Waals surface area (Å²) in [6.45, 7) is 7.74. The average Bonchev–Trinajstić information content (AvgIpc) is 2.75. The minimum Gasteiger partial charge on any atom is -0.508 e. The van der Waals surface area contributed by atoms with Crippen LogP contribution >= 0.6 is 0 Å². The first kappa shape index (κ1) is 22.1. The first-order chi connectivity index (χ1) is 14.4. The molecule has 4 N–H and O–H groups in total. The average molecular weight is 412 g/mol. The molecule has 30 heavy (non-hydrogen) atoms. The first-order valence-corrected chi connectivity index (χ1v) is 10.7. The quantitative estimate of drug-likeness (QED) is 0.548. The van der Waals surface area contributed by atoms with Crippen LogP contribution in [-0.2, 0) is 10.3 Å². The van der Waals surface area contributed by atoms with Gasteiger partial charge in [0.25, 0.3) is 5.91 Å². The largest absolute Gasteiger partial charge is 0.508 e. The summed E-state index contributed by atoms with van der Waals surface area (Å²) in [6, 6.07) is 15.3. The maximum absolute atomic E-state index is 11.7. The summed E-state index contributed by atoms with van der Waals surface area (Å²) in [4.78, 5) is 14.1. The normalized spacial score (nSPS) is 17.4. The summed E-state index contributed by atoms with van der Waals surface area (Å²) >= 11 is 0. The maximum Gasteiger partial charge on any atom is 0.250 e. The van der Waals surface area contributed by atoms with Crippen LogP contribution < -0.4 is 11.1 Å². The van der Waals surface area contributed by atoms with Crippen molar-refractivity contribution in [3.63, 3.8) is 0 Å². The van der Waals surface area contributed by atoms with Crippen LogP contribution in [0.2, 0.25) is 0 Å². The number of primary amides is 1. The number of nitrogens with zero attached hydrogens (tertiary/aromatic N) is 1. The Morgan fingerprint density at radius 3 is 2.57 bits per heavy atom. The number of amides is 1. The van der Waals surface area contributed by atoms with E-state index in [1.54, 1.807) is 12.1 Å². The number of anilines is 1. The molecule has 1 heterocycles.